The Hall–Kier alpha value is -0.0800. The molecule has 2 N–H and O–H groups in total. The van der Waals surface area contributed by atoms with Crippen molar-refractivity contribution < 1.29 is 0 Å². The molecule has 1 aliphatic carbocycles. The summed E-state index contributed by atoms with van der Waals surface area (Å²) in [5.41, 5.74) is 0. The van der Waals surface area contributed by atoms with E-state index in [4.69, 9.17) is 0 Å². The van der Waals surface area contributed by atoms with Crippen molar-refractivity contribution in [3.8, 4) is 0 Å². The minimum Gasteiger partial charge on any atom is -0.304 e. The van der Waals surface area contributed by atoms with Gasteiger partial charge in [-0.25, -0.2) is 0 Å². The first kappa shape index (κ1) is 5.69. The van der Waals surface area contributed by atoms with E-state index in [0.29, 0.717) is 0 Å². The topological polar surface area (TPSA) is 24.1 Å². The van der Waals surface area contributed by atoms with Gasteiger partial charge in [-0.05, 0) is 31.7 Å². The lowest BCUT2D eigenvalue weighted by atomic mass is 9.78. The van der Waals surface area contributed by atoms with Crippen molar-refractivity contribution in [2.75, 3.05) is 13.2 Å². The molecule has 0 aromatic rings. The molecule has 1 saturated heterocycles. The van der Waals surface area contributed by atoms with E-state index in [0.717, 1.165) is 18.6 Å². The van der Waals surface area contributed by atoms with Gasteiger partial charge in [0.25, 0.3) is 0 Å². The molecule has 9 heavy (non-hydrogen) atoms. The Morgan fingerprint density at radius 1 is 1.11 bits per heavy atom. The maximum Gasteiger partial charge on any atom is 0.0456 e. The van der Waals surface area contributed by atoms with E-state index in [9.17, 15) is 0 Å². The van der Waals surface area contributed by atoms with Gasteiger partial charge in [-0.15, -0.1) is 0 Å². The normalized spacial score (nSPS) is 42.7. The van der Waals surface area contributed by atoms with Crippen LogP contribution in [-0.2, 0) is 0 Å². The predicted octanol–water partition coefficient (Wildman–Crippen LogP) is 0.305. The Morgan fingerprint density at radius 2 is 2.11 bits per heavy atom. The van der Waals surface area contributed by atoms with Crippen molar-refractivity contribution in [3.05, 3.63) is 0 Å². The highest BCUT2D eigenvalue weighted by Gasteiger charge is 2.30. The van der Waals surface area contributed by atoms with Crippen LogP contribution < -0.4 is 10.6 Å². The van der Waals surface area contributed by atoms with Gasteiger partial charge in [0, 0.05) is 12.7 Å². The van der Waals surface area contributed by atoms with Crippen molar-refractivity contribution >= 4 is 0 Å². The molecule has 1 aliphatic heterocycles. The quantitative estimate of drug-likeness (QED) is 0.488. The Morgan fingerprint density at radius 3 is 2.89 bits per heavy atom. The van der Waals surface area contributed by atoms with Crippen LogP contribution in [0, 0.1) is 5.92 Å². The average molecular weight is 126 g/mol. The first-order valence-corrected chi connectivity index (χ1v) is 3.91. The van der Waals surface area contributed by atoms with Gasteiger partial charge in [0.2, 0.25) is 0 Å². The first-order valence-electron chi connectivity index (χ1n) is 3.91. The molecule has 2 fully saturated rings. The molecule has 2 aliphatic rings. The van der Waals surface area contributed by atoms with Gasteiger partial charge >= 0.3 is 0 Å². The summed E-state index contributed by atoms with van der Waals surface area (Å²) in [4.78, 5) is 0. The van der Waals surface area contributed by atoms with Gasteiger partial charge in [-0.3, -0.25) is 0 Å². The van der Waals surface area contributed by atoms with E-state index in [1.165, 1.54) is 25.8 Å². The van der Waals surface area contributed by atoms with Gasteiger partial charge in [0.15, 0.2) is 0 Å². The SMILES string of the molecule is C1CC2CCC2NCN1. The minimum atomic E-state index is 0.861. The van der Waals surface area contributed by atoms with Crippen molar-refractivity contribution in [1.29, 1.82) is 0 Å². The number of rotatable bonds is 0. The maximum absolute atomic E-state index is 3.47. The van der Waals surface area contributed by atoms with Gasteiger partial charge in [0.05, 0.1) is 0 Å². The number of hydrogen-bond donors (Lipinski definition) is 2. The van der Waals surface area contributed by atoms with Crippen molar-refractivity contribution in [3.63, 3.8) is 0 Å². The summed E-state index contributed by atoms with van der Waals surface area (Å²) in [7, 11) is 0. The van der Waals surface area contributed by atoms with Crippen LogP contribution in [0.25, 0.3) is 0 Å². The molecule has 0 amide bonds. The largest absolute Gasteiger partial charge is 0.304 e. The van der Waals surface area contributed by atoms with E-state index < -0.39 is 0 Å². The zero-order chi connectivity index (χ0) is 6.10. The lowest BCUT2D eigenvalue weighted by molar-refractivity contribution is 0.218. The summed E-state index contributed by atoms with van der Waals surface area (Å²) in [6.45, 7) is 2.25. The Kier molecular flexibility index (Phi) is 1.44. The molecule has 0 spiro atoms. The molecule has 2 rings (SSSR count). The fourth-order valence-corrected chi connectivity index (χ4v) is 1.76. The Bertz CT molecular complexity index is 91.1. The molecule has 52 valence electrons. The fraction of sp³-hybridized carbons (Fsp3) is 1.00. The van der Waals surface area contributed by atoms with Crippen LogP contribution in [0.5, 0.6) is 0 Å². The molecule has 2 nitrogen and oxygen atoms in total. The van der Waals surface area contributed by atoms with E-state index in [2.05, 4.69) is 10.6 Å². The molecule has 1 saturated carbocycles. The maximum atomic E-state index is 3.47. The van der Waals surface area contributed by atoms with Crippen LogP contribution >= 0.6 is 0 Å². The molecular weight excluding hydrogens is 112 g/mol. The van der Waals surface area contributed by atoms with Gasteiger partial charge in [-0.1, -0.05) is 0 Å². The third-order valence-electron chi connectivity index (χ3n) is 2.60. The van der Waals surface area contributed by atoms with E-state index in [1.54, 1.807) is 0 Å². The third-order valence-corrected chi connectivity index (χ3v) is 2.60. The van der Waals surface area contributed by atoms with Gasteiger partial charge in [-0.2, -0.15) is 0 Å². The first-order chi connectivity index (χ1) is 4.47. The van der Waals surface area contributed by atoms with Gasteiger partial charge < -0.3 is 10.6 Å². The van der Waals surface area contributed by atoms with Crippen molar-refractivity contribution in [1.82, 2.24) is 10.6 Å². The average Bonchev–Trinajstić information content (AvgIpc) is 1.94. The van der Waals surface area contributed by atoms with E-state index in [-0.39, 0.29) is 0 Å². The van der Waals surface area contributed by atoms with Crippen molar-refractivity contribution in [2.45, 2.75) is 25.3 Å². The lowest BCUT2D eigenvalue weighted by Gasteiger charge is -2.35. The standard InChI is InChI=1S/C7H14N2/c1-2-7-6(1)3-4-8-5-9-7/h6-9H,1-5H2. The monoisotopic (exact) mass is 126 g/mol. The smallest absolute Gasteiger partial charge is 0.0456 e. The Labute approximate surface area is 56.0 Å². The lowest BCUT2D eigenvalue weighted by Crippen LogP contribution is -2.43. The number of hydrogen-bond acceptors (Lipinski definition) is 2. The molecule has 0 aromatic carbocycles. The summed E-state index contributed by atoms with van der Waals surface area (Å²) in [5, 5.41) is 6.81. The van der Waals surface area contributed by atoms with Crippen LogP contribution in [-0.4, -0.2) is 19.3 Å². The van der Waals surface area contributed by atoms with Crippen LogP contribution in [0.3, 0.4) is 0 Å². The molecule has 2 heteroatoms. The highest BCUT2D eigenvalue weighted by Crippen LogP contribution is 2.30. The van der Waals surface area contributed by atoms with Crippen LogP contribution in [0.1, 0.15) is 19.3 Å². The number of fused-ring (bicyclic) bond motifs is 1. The minimum absolute atomic E-state index is 0.861. The summed E-state index contributed by atoms with van der Waals surface area (Å²) >= 11 is 0. The zero-order valence-electron chi connectivity index (χ0n) is 5.69. The molecular formula is C7H14N2. The van der Waals surface area contributed by atoms with Crippen LogP contribution in [0.15, 0.2) is 0 Å². The second-order valence-corrected chi connectivity index (χ2v) is 3.11. The van der Waals surface area contributed by atoms with Gasteiger partial charge in [0.1, 0.15) is 0 Å². The summed E-state index contributed by atoms with van der Waals surface area (Å²) in [5.74, 6) is 1.000. The van der Waals surface area contributed by atoms with Crippen LogP contribution in [0.4, 0.5) is 0 Å². The predicted molar refractivity (Wildman–Crippen MR) is 37.1 cm³/mol. The molecule has 0 radical (unpaired) electrons. The second kappa shape index (κ2) is 2.27. The summed E-state index contributed by atoms with van der Waals surface area (Å²) < 4.78 is 0. The molecule has 1 heterocycles. The third kappa shape index (κ3) is 0.970. The van der Waals surface area contributed by atoms with E-state index >= 15 is 0 Å². The second-order valence-electron chi connectivity index (χ2n) is 3.11. The van der Waals surface area contributed by atoms with E-state index in [1.807, 2.05) is 0 Å². The molecule has 0 aromatic heterocycles. The molecule has 0 bridgehead atoms. The number of nitrogens with one attached hydrogen (secondary N) is 2. The zero-order valence-corrected chi connectivity index (χ0v) is 5.69. The van der Waals surface area contributed by atoms with Crippen molar-refractivity contribution in [2.24, 2.45) is 5.92 Å². The fourth-order valence-electron chi connectivity index (χ4n) is 1.76. The Balaban J connectivity index is 1.90. The van der Waals surface area contributed by atoms with Crippen LogP contribution in [0.2, 0.25) is 0 Å². The molecule has 2 unspecified atom stereocenters. The highest BCUT2D eigenvalue weighted by molar-refractivity contribution is 4.88. The summed E-state index contributed by atoms with van der Waals surface area (Å²) in [6.07, 6.45) is 4.25. The summed E-state index contributed by atoms with van der Waals surface area (Å²) in [6, 6.07) is 0.861. The highest BCUT2D eigenvalue weighted by atomic mass is 15.1. The molecule has 2 atom stereocenters.